The van der Waals surface area contributed by atoms with Crippen molar-refractivity contribution in [3.05, 3.63) is 58.4 Å². The molecule has 0 radical (unpaired) electrons. The van der Waals surface area contributed by atoms with Gasteiger partial charge in [-0.2, -0.15) is 0 Å². The van der Waals surface area contributed by atoms with E-state index in [1.54, 1.807) is 18.5 Å². The van der Waals surface area contributed by atoms with Crippen LogP contribution < -0.4 is 16.4 Å². The van der Waals surface area contributed by atoms with E-state index in [1.165, 1.54) is 28.5 Å². The SMILES string of the molecule is CCc1ccc2c(c1)[C@@H](N)C1(CCN(c3ncc(Sc4ccnc(N)c4Cl)nn3)CC1)C2. The molecule has 9 heteroatoms. The number of fused-ring (bicyclic) bond motifs is 1. The van der Waals surface area contributed by atoms with Gasteiger partial charge < -0.3 is 16.4 Å². The van der Waals surface area contributed by atoms with Crippen molar-refractivity contribution in [1.82, 2.24) is 20.2 Å². The molecular formula is C23H26ClN7S. The topological polar surface area (TPSA) is 107 Å². The van der Waals surface area contributed by atoms with Crippen molar-refractivity contribution in [2.24, 2.45) is 11.1 Å². The first-order valence-electron chi connectivity index (χ1n) is 10.9. The van der Waals surface area contributed by atoms with Crippen molar-refractivity contribution < 1.29 is 0 Å². The minimum atomic E-state index is 0.0986. The molecule has 166 valence electrons. The summed E-state index contributed by atoms with van der Waals surface area (Å²) in [7, 11) is 0. The fraction of sp³-hybridized carbons (Fsp3) is 0.391. The first kappa shape index (κ1) is 21.4. The molecule has 1 spiro atoms. The van der Waals surface area contributed by atoms with Crippen LogP contribution in [0.15, 0.2) is 46.6 Å². The lowest BCUT2D eigenvalue weighted by Gasteiger charge is -2.42. The van der Waals surface area contributed by atoms with Gasteiger partial charge in [-0.3, -0.25) is 0 Å². The van der Waals surface area contributed by atoms with E-state index < -0.39 is 0 Å². The highest BCUT2D eigenvalue weighted by atomic mass is 35.5. The van der Waals surface area contributed by atoms with E-state index >= 15 is 0 Å². The third-order valence-electron chi connectivity index (χ3n) is 6.82. The molecular weight excluding hydrogens is 442 g/mol. The van der Waals surface area contributed by atoms with Crippen LogP contribution in [0, 0.1) is 5.41 Å². The molecule has 7 nitrogen and oxygen atoms in total. The van der Waals surface area contributed by atoms with Gasteiger partial charge in [-0.05, 0) is 53.9 Å². The Morgan fingerprint density at radius 2 is 2.00 bits per heavy atom. The molecule has 1 aliphatic heterocycles. The van der Waals surface area contributed by atoms with Crippen LogP contribution in [0.4, 0.5) is 11.8 Å². The van der Waals surface area contributed by atoms with E-state index in [4.69, 9.17) is 23.1 Å². The maximum atomic E-state index is 6.79. The van der Waals surface area contributed by atoms with Gasteiger partial charge in [-0.15, -0.1) is 10.2 Å². The molecule has 32 heavy (non-hydrogen) atoms. The summed E-state index contributed by atoms with van der Waals surface area (Å²) in [6.07, 6.45) is 7.50. The summed E-state index contributed by atoms with van der Waals surface area (Å²) in [4.78, 5) is 11.5. The minimum Gasteiger partial charge on any atom is -0.382 e. The van der Waals surface area contributed by atoms with Gasteiger partial charge in [0.15, 0.2) is 0 Å². The van der Waals surface area contributed by atoms with Crippen LogP contribution in [0.25, 0.3) is 0 Å². The van der Waals surface area contributed by atoms with E-state index in [2.05, 4.69) is 50.2 Å². The number of nitrogens with two attached hydrogens (primary N) is 2. The molecule has 5 rings (SSSR count). The summed E-state index contributed by atoms with van der Waals surface area (Å²) < 4.78 is 0. The number of aryl methyl sites for hydroxylation is 1. The van der Waals surface area contributed by atoms with Crippen molar-refractivity contribution >= 4 is 35.1 Å². The maximum absolute atomic E-state index is 6.79. The molecule has 1 fully saturated rings. The van der Waals surface area contributed by atoms with Crippen LogP contribution >= 0.6 is 23.4 Å². The summed E-state index contributed by atoms with van der Waals surface area (Å²) in [5.41, 5.74) is 16.8. The predicted octanol–water partition coefficient (Wildman–Crippen LogP) is 4.06. The summed E-state index contributed by atoms with van der Waals surface area (Å²) in [5.74, 6) is 0.955. The molecule has 0 unspecified atom stereocenters. The van der Waals surface area contributed by atoms with Gasteiger partial charge in [0.05, 0.1) is 11.2 Å². The maximum Gasteiger partial charge on any atom is 0.245 e. The van der Waals surface area contributed by atoms with E-state index in [0.29, 0.717) is 21.8 Å². The van der Waals surface area contributed by atoms with Crippen LogP contribution in [0.3, 0.4) is 0 Å². The molecule has 3 aromatic rings. The Labute approximate surface area is 197 Å². The Bertz CT molecular complexity index is 1130. The summed E-state index contributed by atoms with van der Waals surface area (Å²) in [5, 5.41) is 9.79. The van der Waals surface area contributed by atoms with Crippen molar-refractivity contribution in [2.75, 3.05) is 23.7 Å². The van der Waals surface area contributed by atoms with Crippen LogP contribution in [0.1, 0.15) is 42.5 Å². The fourth-order valence-electron chi connectivity index (χ4n) is 4.86. The largest absolute Gasteiger partial charge is 0.382 e. The van der Waals surface area contributed by atoms with E-state index in [1.807, 2.05) is 0 Å². The summed E-state index contributed by atoms with van der Waals surface area (Å²) >= 11 is 7.59. The highest BCUT2D eigenvalue weighted by Crippen LogP contribution is 2.51. The quantitative estimate of drug-likeness (QED) is 0.591. The number of aromatic nitrogens is 4. The molecule has 0 bridgehead atoms. The molecule has 0 amide bonds. The van der Waals surface area contributed by atoms with Crippen molar-refractivity contribution in [3.63, 3.8) is 0 Å². The number of pyridine rings is 1. The monoisotopic (exact) mass is 467 g/mol. The van der Waals surface area contributed by atoms with Gasteiger partial charge in [0, 0.05) is 30.2 Å². The summed E-state index contributed by atoms with van der Waals surface area (Å²) in [6, 6.07) is 8.73. The third-order valence-corrected chi connectivity index (χ3v) is 8.29. The normalized spacial score (nSPS) is 19.3. The lowest BCUT2D eigenvalue weighted by Crippen LogP contribution is -2.45. The van der Waals surface area contributed by atoms with Crippen LogP contribution in [0.2, 0.25) is 5.02 Å². The Morgan fingerprint density at radius 1 is 1.19 bits per heavy atom. The van der Waals surface area contributed by atoms with Crippen LogP contribution in [-0.4, -0.2) is 33.3 Å². The zero-order chi connectivity index (χ0) is 22.3. The second-order valence-corrected chi connectivity index (χ2v) is 10.0. The standard InChI is InChI=1S/C23H26ClN7S/c1-2-14-3-4-15-12-23(20(25)16(15)11-14)6-9-31(10-7-23)22-28-13-18(29-30-22)32-17-5-8-27-21(26)19(17)24/h3-5,8,11,13,20H,2,6-7,9-10,12,25H2,1H3,(H2,26,27)/t20-/m1/s1. The number of anilines is 2. The van der Waals surface area contributed by atoms with Gasteiger partial charge >= 0.3 is 0 Å². The Hall–Kier alpha value is -2.42. The predicted molar refractivity (Wildman–Crippen MR) is 128 cm³/mol. The van der Waals surface area contributed by atoms with Gasteiger partial charge in [0.25, 0.3) is 0 Å². The number of benzene rings is 1. The molecule has 1 saturated heterocycles. The summed E-state index contributed by atoms with van der Waals surface area (Å²) in [6.45, 7) is 3.95. The molecule has 2 aromatic heterocycles. The lowest BCUT2D eigenvalue weighted by molar-refractivity contribution is 0.186. The van der Waals surface area contributed by atoms with Crippen molar-refractivity contribution in [1.29, 1.82) is 0 Å². The first-order chi connectivity index (χ1) is 15.5. The Morgan fingerprint density at radius 3 is 2.72 bits per heavy atom. The highest BCUT2D eigenvalue weighted by Gasteiger charge is 2.46. The third kappa shape index (κ3) is 3.80. The fourth-order valence-corrected chi connectivity index (χ4v) is 5.82. The number of piperidine rings is 1. The Balaban J connectivity index is 1.25. The number of halogens is 1. The molecule has 3 heterocycles. The van der Waals surface area contributed by atoms with Gasteiger partial charge in [-0.1, -0.05) is 48.5 Å². The van der Waals surface area contributed by atoms with E-state index in [9.17, 15) is 0 Å². The molecule has 1 aromatic carbocycles. The second kappa shape index (κ2) is 8.50. The number of nitrogens with zero attached hydrogens (tertiary/aromatic N) is 5. The van der Waals surface area contributed by atoms with Gasteiger partial charge in [0.2, 0.25) is 5.95 Å². The number of hydrogen-bond donors (Lipinski definition) is 2. The Kier molecular flexibility index (Phi) is 5.69. The highest BCUT2D eigenvalue weighted by molar-refractivity contribution is 7.99. The smallest absolute Gasteiger partial charge is 0.245 e. The zero-order valence-corrected chi connectivity index (χ0v) is 19.5. The van der Waals surface area contributed by atoms with Crippen LogP contribution in [-0.2, 0) is 12.8 Å². The molecule has 2 aliphatic rings. The van der Waals surface area contributed by atoms with Crippen molar-refractivity contribution in [2.45, 2.75) is 48.6 Å². The number of nitrogen functional groups attached to an aromatic ring is 1. The molecule has 1 aliphatic carbocycles. The van der Waals surface area contributed by atoms with Gasteiger partial charge in [0.1, 0.15) is 10.8 Å². The molecule has 1 atom stereocenters. The van der Waals surface area contributed by atoms with Gasteiger partial charge in [-0.25, -0.2) is 9.97 Å². The minimum absolute atomic E-state index is 0.0986. The molecule has 0 saturated carbocycles. The molecule has 4 N–H and O–H groups in total. The second-order valence-electron chi connectivity index (χ2n) is 8.60. The average Bonchev–Trinajstić information content (AvgIpc) is 3.08. The average molecular weight is 468 g/mol. The zero-order valence-electron chi connectivity index (χ0n) is 18.0. The number of hydrogen-bond acceptors (Lipinski definition) is 8. The first-order valence-corrected chi connectivity index (χ1v) is 12.1. The van der Waals surface area contributed by atoms with Crippen LogP contribution in [0.5, 0.6) is 0 Å². The van der Waals surface area contributed by atoms with E-state index in [0.717, 1.165) is 43.7 Å². The van der Waals surface area contributed by atoms with Crippen molar-refractivity contribution in [3.8, 4) is 0 Å². The number of rotatable bonds is 4. The van der Waals surface area contributed by atoms with E-state index in [-0.39, 0.29) is 11.5 Å². The lowest BCUT2D eigenvalue weighted by atomic mass is 9.73.